The van der Waals surface area contributed by atoms with Gasteiger partial charge in [-0.3, -0.25) is 4.99 Å². The van der Waals surface area contributed by atoms with Gasteiger partial charge in [0.05, 0.1) is 0 Å². The van der Waals surface area contributed by atoms with E-state index in [-0.39, 0.29) is 24.0 Å². The third kappa shape index (κ3) is 4.00. The largest absolute Gasteiger partial charge is 0.353 e. The summed E-state index contributed by atoms with van der Waals surface area (Å²) >= 11 is 0. The van der Waals surface area contributed by atoms with Crippen molar-refractivity contribution >= 4 is 29.9 Å². The van der Waals surface area contributed by atoms with Crippen molar-refractivity contribution in [3.05, 3.63) is 0 Å². The molecule has 0 aromatic heterocycles. The molecule has 0 bridgehead atoms. The Hall–Kier alpha value is 0. The molecule has 1 N–H and O–H groups in total. The number of hydrogen-bond acceptors (Lipinski definition) is 1. The first-order valence-corrected chi connectivity index (χ1v) is 7.09. The number of piperidine rings is 1. The van der Waals surface area contributed by atoms with Crippen molar-refractivity contribution in [3.63, 3.8) is 0 Å². The van der Waals surface area contributed by atoms with Crippen molar-refractivity contribution in [3.8, 4) is 0 Å². The summed E-state index contributed by atoms with van der Waals surface area (Å²) in [6, 6.07) is 0.630. The summed E-state index contributed by atoms with van der Waals surface area (Å²) in [5.74, 6) is 1.95. The normalized spacial score (nSPS) is 30.7. The molecule has 1 saturated carbocycles. The fraction of sp³-hybridized carbons (Fsp3) is 0.929. The molecule has 106 valence electrons. The van der Waals surface area contributed by atoms with Crippen LogP contribution in [0.1, 0.15) is 47.0 Å². The molecule has 1 aliphatic carbocycles. The van der Waals surface area contributed by atoms with Gasteiger partial charge in [0.25, 0.3) is 0 Å². The number of nitrogens with zero attached hydrogens (tertiary/aromatic N) is 2. The van der Waals surface area contributed by atoms with Crippen LogP contribution in [0, 0.1) is 11.3 Å². The number of nitrogens with one attached hydrogen (secondary N) is 1. The van der Waals surface area contributed by atoms with Crippen LogP contribution in [0.4, 0.5) is 0 Å². The Kier molecular flexibility index (Phi) is 5.74. The van der Waals surface area contributed by atoms with Crippen LogP contribution in [0.5, 0.6) is 0 Å². The van der Waals surface area contributed by atoms with Gasteiger partial charge in [-0.15, -0.1) is 24.0 Å². The van der Waals surface area contributed by atoms with E-state index in [1.807, 2.05) is 0 Å². The van der Waals surface area contributed by atoms with Gasteiger partial charge in [0, 0.05) is 25.7 Å². The molecule has 0 aromatic carbocycles. The van der Waals surface area contributed by atoms with Gasteiger partial charge in [0.15, 0.2) is 5.96 Å². The summed E-state index contributed by atoms with van der Waals surface area (Å²) in [4.78, 5) is 7.11. The molecule has 0 aromatic rings. The van der Waals surface area contributed by atoms with Crippen LogP contribution in [0.3, 0.4) is 0 Å². The predicted octanol–water partition coefficient (Wildman–Crippen LogP) is 3.10. The van der Waals surface area contributed by atoms with Gasteiger partial charge >= 0.3 is 0 Å². The fourth-order valence-corrected chi connectivity index (χ4v) is 2.64. The number of halogens is 1. The SMILES string of the molecule is CCN=C(NC1CC1(C)C)N1CCCC(C)C1.I. The standard InChI is InChI=1S/C14H27N3.HI/c1-5-15-13(16-12-9-14(12,3)4)17-8-6-7-11(2)10-17;/h11-12H,5-10H2,1-4H3,(H,15,16);1H. The van der Waals surface area contributed by atoms with E-state index in [9.17, 15) is 0 Å². The lowest BCUT2D eigenvalue weighted by Gasteiger charge is -2.34. The minimum absolute atomic E-state index is 0. The third-order valence-corrected chi connectivity index (χ3v) is 4.08. The fourth-order valence-electron chi connectivity index (χ4n) is 2.64. The van der Waals surface area contributed by atoms with E-state index in [0.717, 1.165) is 18.4 Å². The van der Waals surface area contributed by atoms with Gasteiger partial charge in [-0.05, 0) is 37.5 Å². The maximum atomic E-state index is 4.66. The maximum Gasteiger partial charge on any atom is 0.194 e. The summed E-state index contributed by atoms with van der Waals surface area (Å²) in [5, 5.41) is 3.65. The minimum Gasteiger partial charge on any atom is -0.353 e. The lowest BCUT2D eigenvalue weighted by molar-refractivity contribution is 0.264. The molecule has 1 heterocycles. The average Bonchev–Trinajstić information content (AvgIpc) is 2.85. The highest BCUT2D eigenvalue weighted by Gasteiger charge is 2.46. The van der Waals surface area contributed by atoms with E-state index >= 15 is 0 Å². The first kappa shape index (κ1) is 16.1. The third-order valence-electron chi connectivity index (χ3n) is 4.08. The van der Waals surface area contributed by atoms with E-state index < -0.39 is 0 Å². The van der Waals surface area contributed by atoms with E-state index in [1.54, 1.807) is 0 Å². The summed E-state index contributed by atoms with van der Waals surface area (Å²) in [5.41, 5.74) is 0.468. The number of guanidine groups is 1. The first-order chi connectivity index (χ1) is 8.03. The average molecular weight is 365 g/mol. The summed E-state index contributed by atoms with van der Waals surface area (Å²) in [6.45, 7) is 12.3. The summed E-state index contributed by atoms with van der Waals surface area (Å²) < 4.78 is 0. The number of likely N-dealkylation sites (tertiary alicyclic amines) is 1. The van der Waals surface area contributed by atoms with Crippen LogP contribution in [-0.2, 0) is 0 Å². The van der Waals surface area contributed by atoms with E-state index in [2.05, 4.69) is 42.9 Å². The van der Waals surface area contributed by atoms with E-state index in [4.69, 9.17) is 0 Å². The van der Waals surface area contributed by atoms with E-state index in [1.165, 1.54) is 32.4 Å². The van der Waals surface area contributed by atoms with Crippen LogP contribution in [0.25, 0.3) is 0 Å². The molecule has 2 fully saturated rings. The van der Waals surface area contributed by atoms with Crippen molar-refractivity contribution in [2.75, 3.05) is 19.6 Å². The smallest absolute Gasteiger partial charge is 0.194 e. The summed E-state index contributed by atoms with van der Waals surface area (Å²) in [6.07, 6.45) is 3.95. The van der Waals surface area contributed by atoms with Crippen molar-refractivity contribution in [1.82, 2.24) is 10.2 Å². The van der Waals surface area contributed by atoms with Crippen LogP contribution in [-0.4, -0.2) is 36.5 Å². The van der Waals surface area contributed by atoms with Gasteiger partial charge < -0.3 is 10.2 Å². The van der Waals surface area contributed by atoms with Gasteiger partial charge in [-0.25, -0.2) is 0 Å². The molecule has 4 heteroatoms. The lowest BCUT2D eigenvalue weighted by atomic mass is 10.0. The van der Waals surface area contributed by atoms with Gasteiger partial charge in [0.2, 0.25) is 0 Å². The van der Waals surface area contributed by atoms with E-state index in [0.29, 0.717) is 11.5 Å². The molecule has 2 atom stereocenters. The first-order valence-electron chi connectivity index (χ1n) is 7.09. The Balaban J connectivity index is 0.00000162. The molecule has 1 saturated heterocycles. The van der Waals surface area contributed by atoms with Crippen molar-refractivity contribution in [2.45, 2.75) is 53.0 Å². The highest BCUT2D eigenvalue weighted by atomic mass is 127. The maximum absolute atomic E-state index is 4.66. The number of hydrogen-bond donors (Lipinski definition) is 1. The van der Waals surface area contributed by atoms with Crippen LogP contribution in [0.15, 0.2) is 4.99 Å². The zero-order valence-electron chi connectivity index (χ0n) is 12.2. The molecular weight excluding hydrogens is 337 g/mol. The minimum atomic E-state index is 0. The molecule has 0 amide bonds. The zero-order chi connectivity index (χ0) is 12.5. The second kappa shape index (κ2) is 6.44. The molecule has 2 aliphatic rings. The molecule has 1 aliphatic heterocycles. The van der Waals surface area contributed by atoms with Crippen molar-refractivity contribution in [1.29, 1.82) is 0 Å². The summed E-state index contributed by atoms with van der Waals surface area (Å²) in [7, 11) is 0. The highest BCUT2D eigenvalue weighted by Crippen LogP contribution is 2.44. The monoisotopic (exact) mass is 365 g/mol. The molecule has 3 nitrogen and oxygen atoms in total. The second-order valence-corrected chi connectivity index (χ2v) is 6.38. The molecule has 18 heavy (non-hydrogen) atoms. The van der Waals surface area contributed by atoms with Crippen LogP contribution >= 0.6 is 24.0 Å². The van der Waals surface area contributed by atoms with Crippen molar-refractivity contribution in [2.24, 2.45) is 16.3 Å². The van der Waals surface area contributed by atoms with Gasteiger partial charge in [0.1, 0.15) is 0 Å². The Morgan fingerprint density at radius 2 is 2.11 bits per heavy atom. The Morgan fingerprint density at radius 1 is 1.44 bits per heavy atom. The second-order valence-electron chi connectivity index (χ2n) is 6.38. The molecule has 2 unspecified atom stereocenters. The predicted molar refractivity (Wildman–Crippen MR) is 88.7 cm³/mol. The lowest BCUT2D eigenvalue weighted by Crippen LogP contribution is -2.47. The van der Waals surface area contributed by atoms with Gasteiger partial charge in [-0.2, -0.15) is 0 Å². The Bertz CT molecular complexity index is 301. The Labute approximate surface area is 129 Å². The number of rotatable bonds is 2. The molecule has 0 radical (unpaired) electrons. The van der Waals surface area contributed by atoms with Crippen LogP contribution in [0.2, 0.25) is 0 Å². The topological polar surface area (TPSA) is 27.6 Å². The van der Waals surface area contributed by atoms with Gasteiger partial charge in [-0.1, -0.05) is 20.8 Å². The zero-order valence-corrected chi connectivity index (χ0v) is 14.5. The Morgan fingerprint density at radius 3 is 2.61 bits per heavy atom. The van der Waals surface area contributed by atoms with Crippen molar-refractivity contribution < 1.29 is 0 Å². The van der Waals surface area contributed by atoms with Crippen LogP contribution < -0.4 is 5.32 Å². The molecular formula is C14H28IN3. The molecule has 2 rings (SSSR count). The number of aliphatic imine (C=N–C) groups is 1. The highest BCUT2D eigenvalue weighted by molar-refractivity contribution is 14.0. The quantitative estimate of drug-likeness (QED) is 0.463. The molecule has 0 spiro atoms.